The van der Waals surface area contributed by atoms with Gasteiger partial charge in [-0.1, -0.05) is 12.1 Å². The van der Waals surface area contributed by atoms with Gasteiger partial charge in [-0.2, -0.15) is 4.39 Å². The van der Waals surface area contributed by atoms with Crippen molar-refractivity contribution in [2.75, 3.05) is 61.6 Å². The summed E-state index contributed by atoms with van der Waals surface area (Å²) < 4.78 is 20.1. The molecule has 6 rings (SSSR count). The Kier molecular flexibility index (Phi) is 7.76. The van der Waals surface area contributed by atoms with Crippen molar-refractivity contribution in [3.63, 3.8) is 0 Å². The van der Waals surface area contributed by atoms with Crippen molar-refractivity contribution in [3.8, 4) is 5.75 Å². The minimum atomic E-state index is -0.651. The third-order valence-corrected chi connectivity index (χ3v) is 7.99. The Balaban J connectivity index is 1.24. The molecule has 0 atom stereocenters. The number of ether oxygens (including phenoxy) is 1. The first-order chi connectivity index (χ1) is 20.9. The number of urea groups is 1. The van der Waals surface area contributed by atoms with Crippen LogP contribution in [0.2, 0.25) is 0 Å². The molecule has 0 saturated carbocycles. The smallest absolute Gasteiger partial charge is 0.330 e. The SMILES string of the molecule is CCN1C(=O)N(Cc2ccc(OC)cc2)c2cc(CN3CCN(c4ccc(C(=O)NC)nc4F)CC3)cc3ncnc1c23. The number of pyridine rings is 1. The zero-order valence-electron chi connectivity index (χ0n) is 24.4. The van der Waals surface area contributed by atoms with Crippen molar-refractivity contribution >= 4 is 40.0 Å². The lowest BCUT2D eigenvalue weighted by Crippen LogP contribution is -2.47. The second-order valence-electron chi connectivity index (χ2n) is 10.5. The van der Waals surface area contributed by atoms with Crippen molar-refractivity contribution < 1.29 is 18.7 Å². The summed E-state index contributed by atoms with van der Waals surface area (Å²) in [7, 11) is 3.12. The number of nitrogens with zero attached hydrogens (tertiary/aromatic N) is 7. The molecule has 4 aromatic rings. The van der Waals surface area contributed by atoms with Crippen LogP contribution in [0.1, 0.15) is 28.5 Å². The molecule has 222 valence electrons. The van der Waals surface area contributed by atoms with Gasteiger partial charge in [0.05, 0.1) is 35.9 Å². The molecule has 2 aliphatic rings. The van der Waals surface area contributed by atoms with Crippen LogP contribution < -0.4 is 24.8 Å². The Hall–Kier alpha value is -4.84. The summed E-state index contributed by atoms with van der Waals surface area (Å²) in [6, 6.07) is 14.9. The highest BCUT2D eigenvalue weighted by Crippen LogP contribution is 2.40. The molecule has 0 unspecified atom stereocenters. The second-order valence-corrected chi connectivity index (χ2v) is 10.5. The summed E-state index contributed by atoms with van der Waals surface area (Å²) in [5, 5.41) is 3.32. The average Bonchev–Trinajstić information content (AvgIpc) is 3.03. The van der Waals surface area contributed by atoms with Gasteiger partial charge in [0, 0.05) is 46.3 Å². The van der Waals surface area contributed by atoms with Crippen LogP contribution in [-0.2, 0) is 13.1 Å². The van der Waals surface area contributed by atoms with E-state index in [4.69, 9.17) is 4.74 Å². The number of halogens is 1. The summed E-state index contributed by atoms with van der Waals surface area (Å²) in [6.45, 7) is 6.09. The lowest BCUT2D eigenvalue weighted by atomic mass is 10.0. The van der Waals surface area contributed by atoms with E-state index in [1.54, 1.807) is 29.0 Å². The number of carbonyl (C=O) groups excluding carboxylic acids is 2. The zero-order chi connectivity index (χ0) is 30.1. The van der Waals surface area contributed by atoms with Crippen LogP contribution in [0.5, 0.6) is 5.75 Å². The second kappa shape index (κ2) is 11.8. The molecule has 1 fully saturated rings. The molecule has 0 aliphatic carbocycles. The number of anilines is 3. The largest absolute Gasteiger partial charge is 0.497 e. The van der Waals surface area contributed by atoms with Crippen LogP contribution in [-0.4, -0.2) is 78.7 Å². The van der Waals surface area contributed by atoms with Crippen molar-refractivity contribution in [3.05, 3.63) is 77.6 Å². The minimum absolute atomic E-state index is 0.0520. The van der Waals surface area contributed by atoms with Gasteiger partial charge in [-0.25, -0.2) is 19.7 Å². The van der Waals surface area contributed by atoms with Crippen LogP contribution in [0.15, 0.2) is 54.9 Å². The molecule has 2 aromatic heterocycles. The molecule has 2 aromatic carbocycles. The molecule has 0 bridgehead atoms. The summed E-state index contributed by atoms with van der Waals surface area (Å²) in [4.78, 5) is 46.2. The van der Waals surface area contributed by atoms with E-state index in [2.05, 4.69) is 37.3 Å². The number of rotatable bonds is 8. The van der Waals surface area contributed by atoms with Crippen LogP contribution in [0.3, 0.4) is 0 Å². The monoisotopic (exact) mass is 584 g/mol. The molecule has 1 N–H and O–H groups in total. The Bertz CT molecular complexity index is 1670. The number of carbonyl (C=O) groups is 2. The van der Waals surface area contributed by atoms with Gasteiger partial charge in [-0.3, -0.25) is 19.5 Å². The van der Waals surface area contributed by atoms with Gasteiger partial charge in [0.25, 0.3) is 5.91 Å². The van der Waals surface area contributed by atoms with Crippen LogP contribution in [0.4, 0.5) is 26.4 Å². The number of benzene rings is 2. The summed E-state index contributed by atoms with van der Waals surface area (Å²) >= 11 is 0. The van der Waals surface area contributed by atoms with E-state index in [9.17, 15) is 14.0 Å². The molecule has 4 heterocycles. The molecule has 0 radical (unpaired) electrons. The van der Waals surface area contributed by atoms with E-state index >= 15 is 0 Å². The molecule has 12 heteroatoms. The predicted molar refractivity (Wildman–Crippen MR) is 162 cm³/mol. The fourth-order valence-electron chi connectivity index (χ4n) is 5.73. The number of hydrogen-bond donors (Lipinski definition) is 1. The normalized spacial score (nSPS) is 15.3. The van der Waals surface area contributed by atoms with E-state index < -0.39 is 11.9 Å². The van der Waals surface area contributed by atoms with Crippen molar-refractivity contribution in [2.45, 2.75) is 20.0 Å². The number of piperazine rings is 1. The van der Waals surface area contributed by atoms with Crippen molar-refractivity contribution in [1.82, 2.24) is 25.2 Å². The first kappa shape index (κ1) is 28.3. The van der Waals surface area contributed by atoms with E-state index in [1.165, 1.54) is 13.4 Å². The van der Waals surface area contributed by atoms with E-state index in [0.29, 0.717) is 57.3 Å². The minimum Gasteiger partial charge on any atom is -0.497 e. The highest BCUT2D eigenvalue weighted by atomic mass is 19.1. The maximum atomic E-state index is 14.8. The van der Waals surface area contributed by atoms with Gasteiger partial charge in [-0.15, -0.1) is 0 Å². The third-order valence-electron chi connectivity index (χ3n) is 7.99. The number of nitrogens with one attached hydrogen (secondary N) is 1. The highest BCUT2D eigenvalue weighted by molar-refractivity contribution is 6.18. The number of hydrogen-bond acceptors (Lipinski definition) is 8. The number of amides is 3. The molecule has 11 nitrogen and oxygen atoms in total. The van der Waals surface area contributed by atoms with Gasteiger partial charge < -0.3 is 15.0 Å². The van der Waals surface area contributed by atoms with Gasteiger partial charge in [0.1, 0.15) is 23.6 Å². The Morgan fingerprint density at radius 2 is 1.72 bits per heavy atom. The maximum Gasteiger partial charge on any atom is 0.330 e. The number of aromatic nitrogens is 3. The Morgan fingerprint density at radius 1 is 0.953 bits per heavy atom. The molecule has 1 saturated heterocycles. The van der Waals surface area contributed by atoms with Gasteiger partial charge in [0.15, 0.2) is 0 Å². The lowest BCUT2D eigenvalue weighted by molar-refractivity contribution is 0.0957. The highest BCUT2D eigenvalue weighted by Gasteiger charge is 2.33. The Labute approximate surface area is 248 Å². The maximum absolute atomic E-state index is 14.8. The summed E-state index contributed by atoms with van der Waals surface area (Å²) in [5.74, 6) is 0.305. The van der Waals surface area contributed by atoms with E-state index in [0.717, 1.165) is 33.5 Å². The fraction of sp³-hybridized carbons (Fsp3) is 0.323. The first-order valence-corrected chi connectivity index (χ1v) is 14.3. The first-order valence-electron chi connectivity index (χ1n) is 14.3. The van der Waals surface area contributed by atoms with Crippen LogP contribution >= 0.6 is 0 Å². The van der Waals surface area contributed by atoms with Crippen molar-refractivity contribution in [2.24, 2.45) is 0 Å². The molecular formula is C31H33FN8O3. The van der Waals surface area contributed by atoms with Crippen molar-refractivity contribution in [1.29, 1.82) is 0 Å². The quantitative estimate of drug-likeness (QED) is 0.312. The summed E-state index contributed by atoms with van der Waals surface area (Å²) in [5.41, 5.74) is 4.02. The van der Waals surface area contributed by atoms with Gasteiger partial charge in [-0.05, 0) is 54.4 Å². The molecule has 3 amide bonds. The fourth-order valence-corrected chi connectivity index (χ4v) is 5.73. The predicted octanol–water partition coefficient (Wildman–Crippen LogP) is 3.82. The van der Waals surface area contributed by atoms with Crippen LogP contribution in [0, 0.1) is 5.95 Å². The number of methoxy groups -OCH3 is 1. The van der Waals surface area contributed by atoms with E-state index in [1.807, 2.05) is 36.1 Å². The molecule has 0 spiro atoms. The molecule has 43 heavy (non-hydrogen) atoms. The van der Waals surface area contributed by atoms with Crippen LogP contribution in [0.25, 0.3) is 10.9 Å². The standard InChI is InChI=1S/C31H33FN8O3/c1-4-39-29-27-24(34-19-35-29)15-21(16-26(27)40(31(39)42)18-20-5-7-22(43-3)8-6-20)17-37-11-13-38(14-12-37)25-10-9-23(30(41)33-2)36-28(25)32/h5-10,15-16,19H,4,11-14,17-18H2,1-3H3,(H,33,41). The Morgan fingerprint density at radius 3 is 2.40 bits per heavy atom. The zero-order valence-corrected chi connectivity index (χ0v) is 24.4. The van der Waals surface area contributed by atoms with Gasteiger partial charge in [0.2, 0.25) is 5.95 Å². The van der Waals surface area contributed by atoms with E-state index in [-0.39, 0.29) is 11.7 Å². The third kappa shape index (κ3) is 5.41. The molecule has 2 aliphatic heterocycles. The van der Waals surface area contributed by atoms with Gasteiger partial charge >= 0.3 is 6.03 Å². The molecular weight excluding hydrogens is 551 g/mol. The average molecular weight is 585 g/mol. The summed E-state index contributed by atoms with van der Waals surface area (Å²) in [6.07, 6.45) is 1.51. The lowest BCUT2D eigenvalue weighted by Gasteiger charge is -2.37. The topological polar surface area (TPSA) is 107 Å².